The van der Waals surface area contributed by atoms with Gasteiger partial charge in [-0.05, 0) is 18.0 Å². The van der Waals surface area contributed by atoms with E-state index in [0.717, 1.165) is 13.0 Å². The zero-order valence-corrected chi connectivity index (χ0v) is 12.8. The van der Waals surface area contributed by atoms with Crippen LogP contribution in [0.15, 0.2) is 0 Å². The lowest BCUT2D eigenvalue weighted by molar-refractivity contribution is 0.311. The van der Waals surface area contributed by atoms with Gasteiger partial charge in [-0.1, -0.05) is 39.0 Å². The third-order valence-corrected chi connectivity index (χ3v) is 2.99. The van der Waals surface area contributed by atoms with Crippen LogP contribution in [-0.4, -0.2) is 39.8 Å². The Hall–Kier alpha value is -1.14. The quantitative estimate of drug-likeness (QED) is 0.545. The Balaban J connectivity index is 2.26. The van der Waals surface area contributed by atoms with Crippen LogP contribution in [0, 0.1) is 0 Å². The van der Waals surface area contributed by atoms with Gasteiger partial charge < -0.3 is 15.7 Å². The molecule has 20 heavy (non-hydrogen) atoms. The molecule has 0 bridgehead atoms. The Morgan fingerprint density at radius 2 is 1.50 bits per heavy atom. The number of nitrogens with one attached hydrogen (secondary N) is 2. The smallest absolute Gasteiger partial charge is 0.228 e. The van der Waals surface area contributed by atoms with E-state index >= 15 is 0 Å². The number of hydrogen-bond acceptors (Lipinski definition) is 6. The molecule has 0 aliphatic heterocycles. The molecule has 0 aliphatic rings. The maximum Gasteiger partial charge on any atom is 0.228 e. The van der Waals surface area contributed by atoms with E-state index in [1.165, 1.54) is 32.1 Å². The first-order valence-corrected chi connectivity index (χ1v) is 7.64. The molecule has 0 fully saturated rings. The summed E-state index contributed by atoms with van der Waals surface area (Å²) in [7, 11) is 0. The molecule has 7 heteroatoms. The fourth-order valence-electron chi connectivity index (χ4n) is 1.78. The van der Waals surface area contributed by atoms with Crippen molar-refractivity contribution in [3.05, 3.63) is 5.28 Å². The summed E-state index contributed by atoms with van der Waals surface area (Å²) in [5.41, 5.74) is 0. The van der Waals surface area contributed by atoms with Crippen LogP contribution in [0.4, 0.5) is 11.9 Å². The first kappa shape index (κ1) is 16.9. The van der Waals surface area contributed by atoms with Crippen LogP contribution < -0.4 is 10.6 Å². The molecule has 0 unspecified atom stereocenters. The van der Waals surface area contributed by atoms with E-state index < -0.39 is 0 Å². The summed E-state index contributed by atoms with van der Waals surface area (Å²) >= 11 is 5.82. The molecular weight excluding hydrogens is 278 g/mol. The van der Waals surface area contributed by atoms with Gasteiger partial charge in [-0.15, -0.1) is 0 Å². The van der Waals surface area contributed by atoms with E-state index in [1.54, 1.807) is 0 Å². The van der Waals surface area contributed by atoms with E-state index in [0.29, 0.717) is 18.4 Å². The summed E-state index contributed by atoms with van der Waals surface area (Å²) in [5, 5.41) is 14.9. The van der Waals surface area contributed by atoms with Crippen molar-refractivity contribution < 1.29 is 5.11 Å². The minimum absolute atomic E-state index is 0.0177. The van der Waals surface area contributed by atoms with Gasteiger partial charge in [0.15, 0.2) is 0 Å². The van der Waals surface area contributed by atoms with Gasteiger partial charge in [0.1, 0.15) is 0 Å². The number of unbranched alkanes of at least 4 members (excludes halogenated alkanes) is 5. The molecule has 0 aliphatic carbocycles. The first-order valence-electron chi connectivity index (χ1n) is 7.26. The van der Waals surface area contributed by atoms with Crippen LogP contribution in [0.25, 0.3) is 0 Å². The topological polar surface area (TPSA) is 83.0 Å². The van der Waals surface area contributed by atoms with E-state index in [-0.39, 0.29) is 11.9 Å². The van der Waals surface area contributed by atoms with Gasteiger partial charge >= 0.3 is 0 Å². The summed E-state index contributed by atoms with van der Waals surface area (Å²) in [6, 6.07) is 0. The lowest BCUT2D eigenvalue weighted by atomic mass is 10.1. The molecule has 0 atom stereocenters. The molecule has 0 amide bonds. The monoisotopic (exact) mass is 301 g/mol. The highest BCUT2D eigenvalue weighted by Crippen LogP contribution is 2.10. The average Bonchev–Trinajstić information content (AvgIpc) is 2.43. The Bertz CT molecular complexity index is 378. The molecule has 114 valence electrons. The van der Waals surface area contributed by atoms with Crippen LogP contribution in [0.3, 0.4) is 0 Å². The first-order chi connectivity index (χ1) is 9.76. The number of aliphatic hydroxyl groups excluding tert-OH is 1. The van der Waals surface area contributed by atoms with Crippen LogP contribution in [0.1, 0.15) is 45.4 Å². The number of aromatic nitrogens is 3. The van der Waals surface area contributed by atoms with Crippen molar-refractivity contribution in [3.63, 3.8) is 0 Å². The Morgan fingerprint density at radius 3 is 2.15 bits per heavy atom. The van der Waals surface area contributed by atoms with Gasteiger partial charge in [0.25, 0.3) is 0 Å². The van der Waals surface area contributed by atoms with Gasteiger partial charge in [-0.2, -0.15) is 15.0 Å². The zero-order chi connectivity index (χ0) is 14.6. The summed E-state index contributed by atoms with van der Waals surface area (Å²) in [4.78, 5) is 12.1. The number of halogens is 1. The number of nitrogens with zero attached hydrogens (tertiary/aromatic N) is 3. The number of aliphatic hydroxyl groups is 1. The largest absolute Gasteiger partial charge is 0.395 e. The number of anilines is 2. The lowest BCUT2D eigenvalue weighted by Gasteiger charge is -2.07. The summed E-state index contributed by atoms with van der Waals surface area (Å²) in [5.74, 6) is 0.850. The molecule has 6 nitrogen and oxygen atoms in total. The van der Waals surface area contributed by atoms with E-state index in [1.807, 2.05) is 0 Å². The van der Waals surface area contributed by atoms with Crippen molar-refractivity contribution >= 4 is 23.5 Å². The fourth-order valence-corrected chi connectivity index (χ4v) is 1.94. The SMILES string of the molecule is CCCCCCCCNc1nc(Cl)nc(NCCO)n1. The second-order valence-electron chi connectivity index (χ2n) is 4.60. The molecular formula is C13H24ClN5O. The minimum atomic E-state index is 0.0177. The third kappa shape index (κ3) is 7.45. The zero-order valence-electron chi connectivity index (χ0n) is 12.0. The van der Waals surface area contributed by atoms with E-state index in [2.05, 4.69) is 32.5 Å². The molecule has 3 N–H and O–H groups in total. The van der Waals surface area contributed by atoms with Gasteiger partial charge in [-0.25, -0.2) is 0 Å². The van der Waals surface area contributed by atoms with Crippen LogP contribution in [0.5, 0.6) is 0 Å². The molecule has 0 saturated heterocycles. The molecule has 1 heterocycles. The second kappa shape index (κ2) is 10.6. The molecule has 0 spiro atoms. The van der Waals surface area contributed by atoms with Gasteiger partial charge in [0.05, 0.1) is 6.61 Å². The standard InChI is InChI=1S/C13H24ClN5O/c1-2-3-4-5-6-7-8-15-12-17-11(14)18-13(19-12)16-9-10-20/h20H,2-10H2,1H3,(H2,15,16,17,18,19). The lowest BCUT2D eigenvalue weighted by Crippen LogP contribution is -2.12. The van der Waals surface area contributed by atoms with Gasteiger partial charge in [-0.3, -0.25) is 0 Å². The maximum absolute atomic E-state index is 8.75. The average molecular weight is 302 g/mol. The highest BCUT2D eigenvalue weighted by Gasteiger charge is 2.03. The predicted octanol–water partition coefficient (Wildman–Crippen LogP) is 2.70. The summed E-state index contributed by atoms with van der Waals surface area (Å²) in [6.07, 6.45) is 7.47. The molecule has 1 aromatic rings. The number of hydrogen-bond donors (Lipinski definition) is 3. The van der Waals surface area contributed by atoms with Gasteiger partial charge in [0.2, 0.25) is 17.2 Å². The molecule has 0 aromatic carbocycles. The Labute approximate surface area is 125 Å². The number of rotatable bonds is 11. The van der Waals surface area contributed by atoms with Crippen LogP contribution in [-0.2, 0) is 0 Å². The van der Waals surface area contributed by atoms with Crippen LogP contribution in [0.2, 0.25) is 5.28 Å². The highest BCUT2D eigenvalue weighted by molar-refractivity contribution is 6.28. The van der Waals surface area contributed by atoms with Crippen molar-refractivity contribution in [1.82, 2.24) is 15.0 Å². The highest BCUT2D eigenvalue weighted by atomic mass is 35.5. The van der Waals surface area contributed by atoms with Crippen LogP contribution >= 0.6 is 11.6 Å². The van der Waals surface area contributed by atoms with Crippen molar-refractivity contribution in [3.8, 4) is 0 Å². The predicted molar refractivity (Wildman–Crippen MR) is 82.3 cm³/mol. The normalized spacial score (nSPS) is 10.6. The third-order valence-electron chi connectivity index (χ3n) is 2.82. The van der Waals surface area contributed by atoms with E-state index in [9.17, 15) is 0 Å². The fraction of sp³-hybridized carbons (Fsp3) is 0.769. The summed E-state index contributed by atoms with van der Waals surface area (Å²) < 4.78 is 0. The van der Waals surface area contributed by atoms with Crippen molar-refractivity contribution in [2.75, 3.05) is 30.3 Å². The summed E-state index contributed by atoms with van der Waals surface area (Å²) in [6.45, 7) is 3.45. The Kier molecular flexibility index (Phi) is 8.98. The van der Waals surface area contributed by atoms with Crippen molar-refractivity contribution in [2.45, 2.75) is 45.4 Å². The second-order valence-corrected chi connectivity index (χ2v) is 4.93. The van der Waals surface area contributed by atoms with Crippen molar-refractivity contribution in [1.29, 1.82) is 0 Å². The molecule has 0 radical (unpaired) electrons. The molecule has 1 aromatic heterocycles. The molecule has 1 rings (SSSR count). The Morgan fingerprint density at radius 1 is 0.900 bits per heavy atom. The van der Waals surface area contributed by atoms with E-state index in [4.69, 9.17) is 16.7 Å². The van der Waals surface area contributed by atoms with Crippen molar-refractivity contribution in [2.24, 2.45) is 0 Å². The molecule has 0 saturated carbocycles. The minimum Gasteiger partial charge on any atom is -0.395 e. The van der Waals surface area contributed by atoms with Gasteiger partial charge in [0, 0.05) is 13.1 Å². The maximum atomic E-state index is 8.75.